The molecule has 1 heteroatoms. The highest BCUT2D eigenvalue weighted by Crippen LogP contribution is 2.28. The Balaban J connectivity index is 2.38. The third kappa shape index (κ3) is 2.56. The van der Waals surface area contributed by atoms with Gasteiger partial charge in [0.15, 0.2) is 0 Å². The highest BCUT2D eigenvalue weighted by molar-refractivity contribution is 5.68. The summed E-state index contributed by atoms with van der Waals surface area (Å²) in [6, 6.07) is 14.9. The molecule has 0 bridgehead atoms. The Labute approximate surface area is 109 Å². The van der Waals surface area contributed by atoms with Crippen molar-refractivity contribution in [3.63, 3.8) is 0 Å². The predicted octanol–water partition coefficient (Wildman–Crippen LogP) is 4.79. The fourth-order valence-corrected chi connectivity index (χ4v) is 2.14. The van der Waals surface area contributed by atoms with Crippen LogP contribution in [-0.4, -0.2) is 7.11 Å². The minimum atomic E-state index is 0.577. The Morgan fingerprint density at radius 2 is 1.61 bits per heavy atom. The second kappa shape index (κ2) is 5.26. The van der Waals surface area contributed by atoms with Crippen LogP contribution in [-0.2, 0) is 0 Å². The van der Waals surface area contributed by atoms with Gasteiger partial charge in [0.2, 0.25) is 0 Å². The summed E-state index contributed by atoms with van der Waals surface area (Å²) in [5, 5.41) is 0. The van der Waals surface area contributed by atoms with Gasteiger partial charge in [-0.3, -0.25) is 0 Å². The van der Waals surface area contributed by atoms with Crippen LogP contribution in [0.5, 0.6) is 5.75 Å². The smallest absolute Gasteiger partial charge is 0.118 e. The molecule has 2 rings (SSSR count). The molecule has 0 unspecified atom stereocenters. The first-order chi connectivity index (χ1) is 8.61. The first-order valence-electron chi connectivity index (χ1n) is 6.37. The van der Waals surface area contributed by atoms with Crippen LogP contribution in [0, 0.1) is 6.92 Å². The maximum absolute atomic E-state index is 5.19. The van der Waals surface area contributed by atoms with Crippen molar-refractivity contribution >= 4 is 0 Å². The molecule has 0 N–H and O–H groups in total. The molecule has 18 heavy (non-hydrogen) atoms. The number of benzene rings is 2. The van der Waals surface area contributed by atoms with Gasteiger partial charge in [-0.05, 0) is 47.2 Å². The second-order valence-corrected chi connectivity index (χ2v) is 4.96. The van der Waals surface area contributed by atoms with Crippen LogP contribution in [0.1, 0.15) is 30.9 Å². The first-order valence-corrected chi connectivity index (χ1v) is 6.37. The van der Waals surface area contributed by atoms with E-state index in [1.807, 2.05) is 12.1 Å². The molecule has 0 aromatic heterocycles. The van der Waals surface area contributed by atoms with Gasteiger partial charge in [-0.25, -0.2) is 0 Å². The molecule has 0 fully saturated rings. The predicted molar refractivity (Wildman–Crippen MR) is 77.3 cm³/mol. The third-order valence-electron chi connectivity index (χ3n) is 3.32. The van der Waals surface area contributed by atoms with Crippen molar-refractivity contribution in [1.29, 1.82) is 0 Å². The second-order valence-electron chi connectivity index (χ2n) is 4.96. The minimum Gasteiger partial charge on any atom is -0.497 e. The van der Waals surface area contributed by atoms with Crippen LogP contribution >= 0.6 is 0 Å². The highest BCUT2D eigenvalue weighted by Gasteiger charge is 2.05. The van der Waals surface area contributed by atoms with Crippen molar-refractivity contribution in [3.8, 4) is 16.9 Å². The summed E-state index contributed by atoms with van der Waals surface area (Å²) in [4.78, 5) is 0. The Hall–Kier alpha value is -1.76. The van der Waals surface area contributed by atoms with Crippen molar-refractivity contribution in [2.45, 2.75) is 26.7 Å². The monoisotopic (exact) mass is 240 g/mol. The lowest BCUT2D eigenvalue weighted by Gasteiger charge is -2.11. The number of ether oxygens (including phenoxy) is 1. The topological polar surface area (TPSA) is 9.23 Å². The van der Waals surface area contributed by atoms with E-state index in [1.165, 1.54) is 22.3 Å². The summed E-state index contributed by atoms with van der Waals surface area (Å²) in [7, 11) is 1.69. The fourth-order valence-electron chi connectivity index (χ4n) is 2.14. The SMILES string of the molecule is COc1ccc(-c2ccc(C(C)C)cc2C)cc1. The molecule has 0 saturated heterocycles. The van der Waals surface area contributed by atoms with E-state index in [4.69, 9.17) is 4.74 Å². The van der Waals surface area contributed by atoms with E-state index in [-0.39, 0.29) is 0 Å². The van der Waals surface area contributed by atoms with Crippen LogP contribution in [0.4, 0.5) is 0 Å². The molecule has 1 nitrogen and oxygen atoms in total. The van der Waals surface area contributed by atoms with Gasteiger partial charge in [0.1, 0.15) is 5.75 Å². The molecule has 0 amide bonds. The van der Waals surface area contributed by atoms with Gasteiger partial charge in [0.25, 0.3) is 0 Å². The largest absolute Gasteiger partial charge is 0.497 e. The van der Waals surface area contributed by atoms with Gasteiger partial charge >= 0.3 is 0 Å². The number of hydrogen-bond donors (Lipinski definition) is 0. The molecule has 2 aromatic rings. The lowest BCUT2D eigenvalue weighted by atomic mass is 9.94. The molecular formula is C17H20O. The number of rotatable bonds is 3. The van der Waals surface area contributed by atoms with E-state index < -0.39 is 0 Å². The molecule has 0 spiro atoms. The Morgan fingerprint density at radius 3 is 2.11 bits per heavy atom. The summed E-state index contributed by atoms with van der Waals surface area (Å²) in [5.41, 5.74) is 5.25. The van der Waals surface area contributed by atoms with Crippen molar-refractivity contribution in [1.82, 2.24) is 0 Å². The van der Waals surface area contributed by atoms with Gasteiger partial charge in [0.05, 0.1) is 7.11 Å². The van der Waals surface area contributed by atoms with E-state index >= 15 is 0 Å². The number of hydrogen-bond acceptors (Lipinski definition) is 1. The zero-order chi connectivity index (χ0) is 13.1. The van der Waals surface area contributed by atoms with Gasteiger partial charge in [-0.1, -0.05) is 44.2 Å². The standard InChI is InChI=1S/C17H20O/c1-12(2)15-7-10-17(13(3)11-15)14-5-8-16(18-4)9-6-14/h5-12H,1-4H3. The van der Waals surface area contributed by atoms with E-state index in [9.17, 15) is 0 Å². The first kappa shape index (κ1) is 12.7. The van der Waals surface area contributed by atoms with Crippen LogP contribution in [0.25, 0.3) is 11.1 Å². The molecule has 0 aliphatic carbocycles. The van der Waals surface area contributed by atoms with Gasteiger partial charge in [-0.2, -0.15) is 0 Å². The van der Waals surface area contributed by atoms with E-state index in [2.05, 4.69) is 51.1 Å². The fraction of sp³-hybridized carbons (Fsp3) is 0.294. The lowest BCUT2D eigenvalue weighted by molar-refractivity contribution is 0.415. The molecular weight excluding hydrogens is 220 g/mol. The number of methoxy groups -OCH3 is 1. The molecule has 0 radical (unpaired) electrons. The van der Waals surface area contributed by atoms with Crippen molar-refractivity contribution < 1.29 is 4.74 Å². The van der Waals surface area contributed by atoms with Crippen molar-refractivity contribution in [2.75, 3.05) is 7.11 Å². The van der Waals surface area contributed by atoms with Crippen molar-refractivity contribution in [2.24, 2.45) is 0 Å². The molecule has 0 heterocycles. The number of aryl methyl sites for hydroxylation is 1. The zero-order valence-electron chi connectivity index (χ0n) is 11.5. The lowest BCUT2D eigenvalue weighted by Crippen LogP contribution is -1.91. The molecule has 2 aromatic carbocycles. The maximum Gasteiger partial charge on any atom is 0.118 e. The Morgan fingerprint density at radius 1 is 0.944 bits per heavy atom. The molecule has 94 valence electrons. The van der Waals surface area contributed by atoms with Crippen LogP contribution < -0.4 is 4.74 Å². The molecule has 0 aliphatic heterocycles. The molecule has 0 saturated carbocycles. The summed E-state index contributed by atoms with van der Waals surface area (Å²) < 4.78 is 5.19. The quantitative estimate of drug-likeness (QED) is 0.749. The van der Waals surface area contributed by atoms with Crippen LogP contribution in [0.3, 0.4) is 0 Å². The summed E-state index contributed by atoms with van der Waals surface area (Å²) in [5.74, 6) is 1.48. The average Bonchev–Trinajstić information content (AvgIpc) is 2.38. The summed E-state index contributed by atoms with van der Waals surface area (Å²) in [6.07, 6.45) is 0. The van der Waals surface area contributed by atoms with Gasteiger partial charge < -0.3 is 4.74 Å². The van der Waals surface area contributed by atoms with Gasteiger partial charge in [0, 0.05) is 0 Å². The summed E-state index contributed by atoms with van der Waals surface area (Å²) >= 11 is 0. The van der Waals surface area contributed by atoms with Gasteiger partial charge in [-0.15, -0.1) is 0 Å². The van der Waals surface area contributed by atoms with Crippen LogP contribution in [0.2, 0.25) is 0 Å². The van der Waals surface area contributed by atoms with E-state index in [0.717, 1.165) is 5.75 Å². The maximum atomic E-state index is 5.19. The third-order valence-corrected chi connectivity index (χ3v) is 3.32. The van der Waals surface area contributed by atoms with E-state index in [0.29, 0.717) is 5.92 Å². The minimum absolute atomic E-state index is 0.577. The zero-order valence-corrected chi connectivity index (χ0v) is 11.5. The Kier molecular flexibility index (Phi) is 3.71. The molecule has 0 atom stereocenters. The normalized spacial score (nSPS) is 10.7. The average molecular weight is 240 g/mol. The summed E-state index contributed by atoms with van der Waals surface area (Å²) in [6.45, 7) is 6.62. The highest BCUT2D eigenvalue weighted by atomic mass is 16.5. The molecule has 0 aliphatic rings. The van der Waals surface area contributed by atoms with Crippen LogP contribution in [0.15, 0.2) is 42.5 Å². The van der Waals surface area contributed by atoms with Crippen molar-refractivity contribution in [3.05, 3.63) is 53.6 Å². The van der Waals surface area contributed by atoms with E-state index in [1.54, 1.807) is 7.11 Å². The Bertz CT molecular complexity index is 524.